The van der Waals surface area contributed by atoms with E-state index in [1.54, 1.807) is 12.1 Å². The van der Waals surface area contributed by atoms with Crippen molar-refractivity contribution in [1.82, 2.24) is 4.90 Å². The molecule has 0 aromatic heterocycles. The van der Waals surface area contributed by atoms with E-state index in [-0.39, 0.29) is 6.04 Å². The first-order chi connectivity index (χ1) is 6.50. The molecule has 0 fully saturated rings. The van der Waals surface area contributed by atoms with Crippen molar-refractivity contribution in [3.05, 3.63) is 33.8 Å². The third-order valence-electron chi connectivity index (χ3n) is 1.92. The molecule has 0 spiro atoms. The maximum Gasteiger partial charge on any atom is 0.0469 e. The van der Waals surface area contributed by atoms with Crippen molar-refractivity contribution in [2.45, 2.75) is 6.04 Å². The lowest BCUT2D eigenvalue weighted by Gasteiger charge is -2.18. The molecule has 0 aliphatic carbocycles. The van der Waals surface area contributed by atoms with Gasteiger partial charge in [0, 0.05) is 22.6 Å². The van der Waals surface area contributed by atoms with Gasteiger partial charge in [0.2, 0.25) is 0 Å². The van der Waals surface area contributed by atoms with Crippen molar-refractivity contribution >= 4 is 23.2 Å². The summed E-state index contributed by atoms with van der Waals surface area (Å²) in [5.41, 5.74) is 6.91. The Morgan fingerprint density at radius 3 is 2.50 bits per heavy atom. The van der Waals surface area contributed by atoms with E-state index in [1.165, 1.54) is 0 Å². The lowest BCUT2D eigenvalue weighted by molar-refractivity contribution is 0.377. The number of benzene rings is 1. The van der Waals surface area contributed by atoms with E-state index >= 15 is 0 Å². The quantitative estimate of drug-likeness (QED) is 0.869. The minimum absolute atomic E-state index is 0.0743. The largest absolute Gasteiger partial charge is 0.323 e. The van der Waals surface area contributed by atoms with Crippen LogP contribution in [0.3, 0.4) is 0 Å². The van der Waals surface area contributed by atoms with Crippen LogP contribution in [-0.4, -0.2) is 25.5 Å². The van der Waals surface area contributed by atoms with Crippen molar-refractivity contribution in [1.29, 1.82) is 0 Å². The molecule has 2 N–H and O–H groups in total. The van der Waals surface area contributed by atoms with E-state index < -0.39 is 0 Å². The molecule has 1 atom stereocenters. The summed E-state index contributed by atoms with van der Waals surface area (Å²) in [5, 5.41) is 1.27. The van der Waals surface area contributed by atoms with Gasteiger partial charge in [-0.25, -0.2) is 0 Å². The van der Waals surface area contributed by atoms with Gasteiger partial charge in [-0.3, -0.25) is 0 Å². The molecule has 0 bridgehead atoms. The molecule has 0 heterocycles. The zero-order valence-corrected chi connectivity index (χ0v) is 9.81. The molecule has 1 unspecified atom stereocenters. The molecule has 0 saturated carbocycles. The Kier molecular flexibility index (Phi) is 4.20. The molecule has 1 aromatic carbocycles. The highest BCUT2D eigenvalue weighted by atomic mass is 35.5. The predicted molar refractivity (Wildman–Crippen MR) is 61.9 cm³/mol. The van der Waals surface area contributed by atoms with Crippen LogP contribution in [0, 0.1) is 0 Å². The van der Waals surface area contributed by atoms with Crippen molar-refractivity contribution < 1.29 is 0 Å². The van der Waals surface area contributed by atoms with E-state index in [1.807, 2.05) is 25.1 Å². The highest BCUT2D eigenvalue weighted by Gasteiger charge is 2.10. The van der Waals surface area contributed by atoms with Gasteiger partial charge < -0.3 is 10.6 Å². The molecule has 14 heavy (non-hydrogen) atoms. The molecule has 1 rings (SSSR count). The topological polar surface area (TPSA) is 29.3 Å². The molecular weight excluding hydrogens is 219 g/mol. The summed E-state index contributed by atoms with van der Waals surface area (Å²) in [6.07, 6.45) is 0. The summed E-state index contributed by atoms with van der Waals surface area (Å²) < 4.78 is 0. The molecule has 0 amide bonds. The first-order valence-corrected chi connectivity index (χ1v) is 5.11. The number of halogens is 2. The fourth-order valence-corrected chi connectivity index (χ4v) is 1.84. The fraction of sp³-hybridized carbons (Fsp3) is 0.400. The van der Waals surface area contributed by atoms with Gasteiger partial charge in [-0.2, -0.15) is 0 Å². The Balaban J connectivity index is 2.84. The van der Waals surface area contributed by atoms with Gasteiger partial charge in [-0.1, -0.05) is 29.3 Å². The first-order valence-electron chi connectivity index (χ1n) is 4.36. The summed E-state index contributed by atoms with van der Waals surface area (Å²) in [6, 6.07) is 5.32. The van der Waals surface area contributed by atoms with Crippen LogP contribution >= 0.6 is 23.2 Å². The number of rotatable bonds is 3. The number of nitrogens with zero attached hydrogens (tertiary/aromatic N) is 1. The number of hydrogen-bond donors (Lipinski definition) is 1. The van der Waals surface area contributed by atoms with Crippen LogP contribution in [-0.2, 0) is 0 Å². The smallest absolute Gasteiger partial charge is 0.0469 e. The second-order valence-corrected chi connectivity index (χ2v) is 4.38. The van der Waals surface area contributed by atoms with Crippen LogP contribution in [0.25, 0.3) is 0 Å². The molecule has 0 radical (unpaired) electrons. The SMILES string of the molecule is CN(C)CC(N)c1ccc(Cl)cc1Cl. The summed E-state index contributed by atoms with van der Waals surface area (Å²) in [7, 11) is 3.95. The van der Waals surface area contributed by atoms with Crippen LogP contribution in [0.5, 0.6) is 0 Å². The van der Waals surface area contributed by atoms with E-state index in [4.69, 9.17) is 28.9 Å². The average molecular weight is 233 g/mol. The zero-order chi connectivity index (χ0) is 10.7. The highest BCUT2D eigenvalue weighted by Crippen LogP contribution is 2.25. The van der Waals surface area contributed by atoms with E-state index in [0.29, 0.717) is 10.0 Å². The molecule has 0 aliphatic rings. The Labute approximate surface area is 94.6 Å². The maximum atomic E-state index is 6.02. The van der Waals surface area contributed by atoms with Crippen molar-refractivity contribution in [3.63, 3.8) is 0 Å². The van der Waals surface area contributed by atoms with Gasteiger partial charge in [-0.15, -0.1) is 0 Å². The van der Waals surface area contributed by atoms with E-state index in [9.17, 15) is 0 Å². The van der Waals surface area contributed by atoms with Gasteiger partial charge in [-0.05, 0) is 31.8 Å². The Bertz CT molecular complexity index is 313. The molecular formula is C10H14Cl2N2. The lowest BCUT2D eigenvalue weighted by Crippen LogP contribution is -2.26. The molecule has 0 saturated heterocycles. The monoisotopic (exact) mass is 232 g/mol. The van der Waals surface area contributed by atoms with Gasteiger partial charge in [0.15, 0.2) is 0 Å². The van der Waals surface area contributed by atoms with Crippen LogP contribution in [0.2, 0.25) is 10.0 Å². The average Bonchev–Trinajstić information content (AvgIpc) is 2.01. The molecule has 1 aromatic rings. The number of hydrogen-bond acceptors (Lipinski definition) is 2. The highest BCUT2D eigenvalue weighted by molar-refractivity contribution is 6.35. The van der Waals surface area contributed by atoms with Crippen LogP contribution in [0.15, 0.2) is 18.2 Å². The Morgan fingerprint density at radius 2 is 2.00 bits per heavy atom. The second-order valence-electron chi connectivity index (χ2n) is 3.53. The van der Waals surface area contributed by atoms with Crippen LogP contribution in [0.1, 0.15) is 11.6 Å². The van der Waals surface area contributed by atoms with E-state index in [0.717, 1.165) is 12.1 Å². The van der Waals surface area contributed by atoms with Crippen LogP contribution in [0.4, 0.5) is 0 Å². The van der Waals surface area contributed by atoms with Crippen molar-refractivity contribution in [3.8, 4) is 0 Å². The van der Waals surface area contributed by atoms with Gasteiger partial charge in [0.25, 0.3) is 0 Å². The third-order valence-corrected chi connectivity index (χ3v) is 2.49. The molecule has 2 nitrogen and oxygen atoms in total. The predicted octanol–water partition coefficient (Wildman–Crippen LogP) is 2.55. The van der Waals surface area contributed by atoms with Gasteiger partial charge >= 0.3 is 0 Å². The van der Waals surface area contributed by atoms with Crippen molar-refractivity contribution in [2.75, 3.05) is 20.6 Å². The minimum atomic E-state index is -0.0743. The van der Waals surface area contributed by atoms with E-state index in [2.05, 4.69) is 0 Å². The van der Waals surface area contributed by atoms with Gasteiger partial charge in [0.1, 0.15) is 0 Å². The summed E-state index contributed by atoms with van der Waals surface area (Å²) in [5.74, 6) is 0. The summed E-state index contributed by atoms with van der Waals surface area (Å²) in [6.45, 7) is 0.765. The fourth-order valence-electron chi connectivity index (χ4n) is 1.29. The Hall–Kier alpha value is -0.280. The normalized spacial score (nSPS) is 13.3. The summed E-state index contributed by atoms with van der Waals surface area (Å²) in [4.78, 5) is 2.02. The minimum Gasteiger partial charge on any atom is -0.323 e. The first kappa shape index (κ1) is 11.8. The number of nitrogens with two attached hydrogens (primary N) is 1. The summed E-state index contributed by atoms with van der Waals surface area (Å²) >= 11 is 11.8. The second kappa shape index (κ2) is 4.99. The maximum absolute atomic E-state index is 6.02. The third kappa shape index (κ3) is 3.14. The number of likely N-dealkylation sites (N-methyl/N-ethyl adjacent to an activating group) is 1. The molecule has 78 valence electrons. The lowest BCUT2D eigenvalue weighted by atomic mass is 10.1. The standard InChI is InChI=1S/C10H14Cl2N2/c1-14(2)6-10(13)8-4-3-7(11)5-9(8)12/h3-5,10H,6,13H2,1-2H3. The van der Waals surface area contributed by atoms with Crippen molar-refractivity contribution in [2.24, 2.45) is 5.73 Å². The molecule has 4 heteroatoms. The van der Waals surface area contributed by atoms with Crippen LogP contribution < -0.4 is 5.73 Å². The molecule has 0 aliphatic heterocycles. The zero-order valence-electron chi connectivity index (χ0n) is 8.30. The van der Waals surface area contributed by atoms with Gasteiger partial charge in [0.05, 0.1) is 0 Å². The Morgan fingerprint density at radius 1 is 1.36 bits per heavy atom.